The van der Waals surface area contributed by atoms with Gasteiger partial charge in [-0.3, -0.25) is 19.3 Å². The fourth-order valence-electron chi connectivity index (χ4n) is 3.25. The van der Waals surface area contributed by atoms with E-state index in [0.717, 1.165) is 23.2 Å². The van der Waals surface area contributed by atoms with Gasteiger partial charge in [-0.2, -0.15) is 5.10 Å². The van der Waals surface area contributed by atoms with E-state index in [1.165, 1.54) is 10.9 Å². The van der Waals surface area contributed by atoms with Crippen molar-refractivity contribution in [1.29, 1.82) is 0 Å². The van der Waals surface area contributed by atoms with Gasteiger partial charge in [0.25, 0.3) is 0 Å². The first-order valence-electron chi connectivity index (χ1n) is 11.3. The lowest BCUT2D eigenvalue weighted by Crippen LogP contribution is -2.33. The van der Waals surface area contributed by atoms with Crippen molar-refractivity contribution in [2.45, 2.75) is 33.7 Å². The number of aromatic nitrogens is 3. The molecule has 0 spiro atoms. The van der Waals surface area contributed by atoms with Gasteiger partial charge in [-0.1, -0.05) is 17.7 Å². The number of halogens is 1. The van der Waals surface area contributed by atoms with Crippen LogP contribution in [-0.2, 0) is 16.1 Å². The molecule has 3 rings (SSSR count). The Morgan fingerprint density at radius 2 is 1.89 bits per heavy atom. The van der Waals surface area contributed by atoms with Gasteiger partial charge in [0.05, 0.1) is 30.3 Å². The fraction of sp³-hybridized carbons (Fsp3) is 0.360. The molecule has 0 aliphatic rings. The van der Waals surface area contributed by atoms with Crippen LogP contribution in [0.3, 0.4) is 0 Å². The highest BCUT2D eigenvalue weighted by atomic mass is 19.1. The lowest BCUT2D eigenvalue weighted by molar-refractivity contribution is -0.131. The molecule has 35 heavy (non-hydrogen) atoms. The van der Waals surface area contributed by atoms with E-state index in [2.05, 4.69) is 20.7 Å². The summed E-state index contributed by atoms with van der Waals surface area (Å²) >= 11 is 0. The van der Waals surface area contributed by atoms with E-state index in [9.17, 15) is 14.0 Å². The molecular formula is C25H31FN6O3. The molecule has 2 heterocycles. The summed E-state index contributed by atoms with van der Waals surface area (Å²) < 4.78 is 21.1. The molecule has 1 aromatic carbocycles. The third kappa shape index (κ3) is 7.53. The number of amides is 2. The first kappa shape index (κ1) is 25.7. The van der Waals surface area contributed by atoms with Crippen LogP contribution in [0.15, 0.2) is 42.9 Å². The Bertz CT molecular complexity index is 1160. The van der Waals surface area contributed by atoms with Crippen molar-refractivity contribution >= 4 is 23.2 Å². The number of ether oxygens (including phenoxy) is 1. The van der Waals surface area contributed by atoms with Crippen LogP contribution in [0.5, 0.6) is 5.75 Å². The van der Waals surface area contributed by atoms with Gasteiger partial charge in [0.15, 0.2) is 5.82 Å². The number of hydrogen-bond donors (Lipinski definition) is 2. The zero-order chi connectivity index (χ0) is 25.4. The number of nitrogens with one attached hydrogen (secondary N) is 2. The van der Waals surface area contributed by atoms with Gasteiger partial charge in [0.2, 0.25) is 11.8 Å². The third-order valence-electron chi connectivity index (χ3n) is 5.54. The molecule has 0 fully saturated rings. The second-order valence-electron chi connectivity index (χ2n) is 8.32. The Morgan fingerprint density at radius 3 is 2.63 bits per heavy atom. The largest absolute Gasteiger partial charge is 0.492 e. The summed E-state index contributed by atoms with van der Waals surface area (Å²) in [7, 11) is 1.70. The fourth-order valence-corrected chi connectivity index (χ4v) is 3.25. The highest BCUT2D eigenvalue weighted by Crippen LogP contribution is 2.20. The van der Waals surface area contributed by atoms with Crippen LogP contribution in [0.2, 0.25) is 0 Å². The summed E-state index contributed by atoms with van der Waals surface area (Å²) in [4.78, 5) is 30.2. The summed E-state index contributed by atoms with van der Waals surface area (Å²) in [6.45, 7) is 6.69. The number of nitrogens with zero attached hydrogens (tertiary/aromatic N) is 4. The molecule has 10 heteroatoms. The zero-order valence-electron chi connectivity index (χ0n) is 20.5. The molecule has 2 N–H and O–H groups in total. The van der Waals surface area contributed by atoms with E-state index < -0.39 is 5.82 Å². The molecule has 0 aliphatic heterocycles. The Kier molecular flexibility index (Phi) is 8.77. The van der Waals surface area contributed by atoms with Crippen molar-refractivity contribution in [3.63, 3.8) is 0 Å². The maximum absolute atomic E-state index is 14.0. The number of likely N-dealkylation sites (N-methyl/N-ethyl adjacent to an activating group) is 1. The summed E-state index contributed by atoms with van der Waals surface area (Å²) in [6.07, 6.45) is 4.37. The number of carbonyl (C=O) groups is 2. The van der Waals surface area contributed by atoms with Gasteiger partial charge in [0.1, 0.15) is 18.9 Å². The van der Waals surface area contributed by atoms with Crippen molar-refractivity contribution < 1.29 is 18.7 Å². The van der Waals surface area contributed by atoms with E-state index >= 15 is 0 Å². The zero-order valence-corrected chi connectivity index (χ0v) is 20.5. The second-order valence-corrected chi connectivity index (χ2v) is 8.32. The van der Waals surface area contributed by atoms with E-state index in [-0.39, 0.29) is 31.3 Å². The van der Waals surface area contributed by atoms with Gasteiger partial charge in [-0.25, -0.2) is 4.39 Å². The number of rotatable bonds is 11. The van der Waals surface area contributed by atoms with Crippen molar-refractivity contribution in [2.24, 2.45) is 0 Å². The standard InChI is InChI=1S/C25H31FN6O3/c1-17-5-7-21(8-6-17)35-12-11-31(4)24(34)16-32-15-20(13-29-32)30-23(33)9-10-27-25-18(2)19(3)28-14-22(25)26/h5-8,13-15H,9-12,16H2,1-4H3,(H,27,28)(H,30,33). The highest BCUT2D eigenvalue weighted by molar-refractivity contribution is 5.90. The SMILES string of the molecule is Cc1ccc(OCCN(C)C(=O)Cn2cc(NC(=O)CCNc3c(F)cnc(C)c3C)cn2)cc1. The topological polar surface area (TPSA) is 101 Å². The van der Waals surface area contributed by atoms with Crippen LogP contribution in [0.4, 0.5) is 15.8 Å². The van der Waals surface area contributed by atoms with Crippen molar-refractivity contribution in [3.05, 3.63) is 65.5 Å². The van der Waals surface area contributed by atoms with Gasteiger partial charge in [-0.15, -0.1) is 0 Å². The van der Waals surface area contributed by atoms with Crippen LogP contribution >= 0.6 is 0 Å². The average molecular weight is 483 g/mol. The first-order valence-corrected chi connectivity index (χ1v) is 11.3. The Hall–Kier alpha value is -3.95. The van der Waals surface area contributed by atoms with E-state index in [1.807, 2.05) is 31.2 Å². The van der Waals surface area contributed by atoms with Gasteiger partial charge in [-0.05, 0) is 38.5 Å². The first-order chi connectivity index (χ1) is 16.7. The number of carbonyl (C=O) groups excluding carboxylic acids is 2. The predicted octanol–water partition coefficient (Wildman–Crippen LogP) is 3.32. The summed E-state index contributed by atoms with van der Waals surface area (Å²) in [5.41, 5.74) is 3.43. The van der Waals surface area contributed by atoms with Crippen LogP contribution in [-0.4, -0.2) is 58.2 Å². The lowest BCUT2D eigenvalue weighted by Gasteiger charge is -2.17. The van der Waals surface area contributed by atoms with Crippen molar-refractivity contribution in [3.8, 4) is 5.75 Å². The number of hydrogen-bond acceptors (Lipinski definition) is 6. The van der Waals surface area contributed by atoms with Crippen LogP contribution < -0.4 is 15.4 Å². The summed E-state index contributed by atoms with van der Waals surface area (Å²) in [5.74, 6) is -0.0771. The molecular weight excluding hydrogens is 451 g/mol. The van der Waals surface area contributed by atoms with E-state index in [4.69, 9.17) is 4.74 Å². The quantitative estimate of drug-likeness (QED) is 0.435. The Labute approximate surface area is 204 Å². The number of pyridine rings is 1. The molecule has 0 radical (unpaired) electrons. The van der Waals surface area contributed by atoms with Crippen molar-refractivity contribution in [2.75, 3.05) is 37.4 Å². The molecule has 0 saturated heterocycles. The summed E-state index contributed by atoms with van der Waals surface area (Å²) in [5, 5.41) is 9.83. The minimum absolute atomic E-state index is 0.0401. The summed E-state index contributed by atoms with van der Waals surface area (Å²) in [6, 6.07) is 7.73. The number of anilines is 2. The lowest BCUT2D eigenvalue weighted by atomic mass is 10.2. The van der Waals surface area contributed by atoms with Crippen LogP contribution in [0.1, 0.15) is 23.2 Å². The molecule has 186 valence electrons. The number of benzene rings is 1. The predicted molar refractivity (Wildman–Crippen MR) is 132 cm³/mol. The Morgan fingerprint density at radius 1 is 1.14 bits per heavy atom. The smallest absolute Gasteiger partial charge is 0.244 e. The normalized spacial score (nSPS) is 10.7. The van der Waals surface area contributed by atoms with Crippen LogP contribution in [0.25, 0.3) is 0 Å². The monoisotopic (exact) mass is 482 g/mol. The molecule has 2 amide bonds. The maximum Gasteiger partial charge on any atom is 0.244 e. The van der Waals surface area contributed by atoms with E-state index in [0.29, 0.717) is 30.1 Å². The molecule has 9 nitrogen and oxygen atoms in total. The molecule has 0 aliphatic carbocycles. The number of aryl methyl sites for hydroxylation is 2. The highest BCUT2D eigenvalue weighted by Gasteiger charge is 2.13. The molecule has 0 saturated carbocycles. The van der Waals surface area contributed by atoms with E-state index in [1.54, 1.807) is 32.0 Å². The average Bonchev–Trinajstić information content (AvgIpc) is 3.26. The van der Waals surface area contributed by atoms with Gasteiger partial charge < -0.3 is 20.3 Å². The Balaban J connectivity index is 1.39. The minimum Gasteiger partial charge on any atom is -0.492 e. The van der Waals surface area contributed by atoms with Gasteiger partial charge >= 0.3 is 0 Å². The van der Waals surface area contributed by atoms with Gasteiger partial charge in [0, 0.05) is 31.9 Å². The van der Waals surface area contributed by atoms with Crippen molar-refractivity contribution in [1.82, 2.24) is 19.7 Å². The second kappa shape index (κ2) is 12.0. The maximum atomic E-state index is 14.0. The third-order valence-corrected chi connectivity index (χ3v) is 5.54. The molecule has 0 bridgehead atoms. The van der Waals surface area contributed by atoms with Crippen LogP contribution in [0, 0.1) is 26.6 Å². The molecule has 3 aromatic rings. The molecule has 2 aromatic heterocycles. The minimum atomic E-state index is -0.453. The molecule has 0 atom stereocenters. The molecule has 0 unspecified atom stereocenters.